The Morgan fingerprint density at radius 1 is 1.15 bits per heavy atom. The predicted molar refractivity (Wildman–Crippen MR) is 133 cm³/mol. The van der Waals surface area contributed by atoms with Crippen LogP contribution in [0.1, 0.15) is 52.3 Å². The zero-order valence-electron chi connectivity index (χ0n) is 20.3. The zero-order chi connectivity index (χ0) is 23.8. The van der Waals surface area contributed by atoms with Crippen LogP contribution in [0.25, 0.3) is 11.0 Å². The predicted octanol–water partition coefficient (Wildman–Crippen LogP) is 5.57. The van der Waals surface area contributed by atoms with Crippen molar-refractivity contribution in [3.8, 4) is 0 Å². The van der Waals surface area contributed by atoms with Crippen LogP contribution in [0, 0.1) is 11.8 Å². The van der Waals surface area contributed by atoms with Crippen LogP contribution < -0.4 is 4.31 Å². The molecule has 1 heterocycles. The summed E-state index contributed by atoms with van der Waals surface area (Å²) in [5.41, 5.74) is 1.83. The topological polar surface area (TPSA) is 64.4 Å². The van der Waals surface area contributed by atoms with E-state index in [0.29, 0.717) is 11.6 Å². The average Bonchev–Trinajstić information content (AvgIpc) is 3.17. The number of methoxy groups -OCH3 is 1. The van der Waals surface area contributed by atoms with E-state index >= 15 is 0 Å². The highest BCUT2D eigenvalue weighted by molar-refractivity contribution is 7.92. The summed E-state index contributed by atoms with van der Waals surface area (Å²) >= 11 is 0. The molecule has 2 atom stereocenters. The van der Waals surface area contributed by atoms with E-state index in [-0.39, 0.29) is 4.90 Å². The van der Waals surface area contributed by atoms with Gasteiger partial charge in [0, 0.05) is 20.7 Å². The van der Waals surface area contributed by atoms with Crippen molar-refractivity contribution in [2.45, 2.75) is 63.5 Å². The second kappa shape index (κ2) is 9.11. The summed E-state index contributed by atoms with van der Waals surface area (Å²) in [5, 5.41) is 0. The molecule has 178 valence electrons. The lowest BCUT2D eigenvalue weighted by atomic mass is 9.82. The number of nitrogens with zero attached hydrogens (tertiary/aromatic N) is 3. The lowest BCUT2D eigenvalue weighted by molar-refractivity contribution is 0.00806. The maximum Gasteiger partial charge on any atom is 0.264 e. The molecule has 1 aromatic heterocycles. The number of imidazole rings is 1. The molecule has 0 aliphatic heterocycles. The van der Waals surface area contributed by atoms with Crippen LogP contribution in [0.3, 0.4) is 0 Å². The molecule has 0 radical (unpaired) electrons. The molecule has 0 spiro atoms. The van der Waals surface area contributed by atoms with Crippen molar-refractivity contribution >= 4 is 26.7 Å². The number of rotatable bonds is 7. The zero-order valence-corrected chi connectivity index (χ0v) is 21.1. The van der Waals surface area contributed by atoms with Crippen LogP contribution in [-0.4, -0.2) is 32.1 Å². The van der Waals surface area contributed by atoms with Crippen molar-refractivity contribution < 1.29 is 13.2 Å². The van der Waals surface area contributed by atoms with Gasteiger partial charge in [0.2, 0.25) is 0 Å². The normalized spacial score (nSPS) is 19.7. The minimum Gasteiger partial charge on any atom is -0.371 e. The summed E-state index contributed by atoms with van der Waals surface area (Å²) in [6.07, 6.45) is 5.03. The van der Waals surface area contributed by atoms with Gasteiger partial charge >= 0.3 is 0 Å². The van der Waals surface area contributed by atoms with Crippen molar-refractivity contribution in [3.63, 3.8) is 0 Å². The number of benzene rings is 2. The molecule has 1 fully saturated rings. The quantitative estimate of drug-likeness (QED) is 0.454. The molecule has 0 bridgehead atoms. The maximum atomic E-state index is 13.1. The Hall–Kier alpha value is -2.38. The summed E-state index contributed by atoms with van der Waals surface area (Å²) in [4.78, 5) is 5.22. The molecule has 1 aliphatic carbocycles. The van der Waals surface area contributed by atoms with Gasteiger partial charge in [0.25, 0.3) is 10.0 Å². The molecule has 1 saturated carbocycles. The van der Waals surface area contributed by atoms with Gasteiger partial charge in [-0.05, 0) is 68.9 Å². The van der Waals surface area contributed by atoms with Crippen molar-refractivity contribution in [2.75, 3.05) is 18.5 Å². The molecule has 7 heteroatoms. The van der Waals surface area contributed by atoms with E-state index in [1.54, 1.807) is 38.4 Å². The number of hydrogen-bond donors (Lipinski definition) is 0. The van der Waals surface area contributed by atoms with Gasteiger partial charge in [-0.2, -0.15) is 0 Å². The summed E-state index contributed by atoms with van der Waals surface area (Å²) in [5.74, 6) is 2.24. The van der Waals surface area contributed by atoms with Crippen LogP contribution in [0.15, 0.2) is 53.4 Å². The number of aromatic nitrogens is 2. The van der Waals surface area contributed by atoms with E-state index in [2.05, 4.69) is 11.5 Å². The molecule has 4 rings (SSSR count). The standard InChI is InChI=1S/C26H35N3O3S/c1-19-10-9-11-20(16-19)18-29-24-15-14-21(17-23(24)27-25(29)26(2,3)32-5)28(4)33(30,31)22-12-7-6-8-13-22/h6-8,12-15,17,19-20H,9-11,16,18H2,1-5H3/t19-,20?/m0/s1. The highest BCUT2D eigenvalue weighted by atomic mass is 32.2. The first-order valence-electron chi connectivity index (χ1n) is 11.7. The van der Waals surface area contributed by atoms with Crippen molar-refractivity contribution in [1.82, 2.24) is 9.55 Å². The highest BCUT2D eigenvalue weighted by Gasteiger charge is 2.30. The molecule has 0 saturated heterocycles. The van der Waals surface area contributed by atoms with Crippen molar-refractivity contribution in [3.05, 3.63) is 54.4 Å². The van der Waals surface area contributed by atoms with Crippen LogP contribution in [0.4, 0.5) is 5.69 Å². The van der Waals surface area contributed by atoms with E-state index in [1.165, 1.54) is 30.0 Å². The Morgan fingerprint density at radius 2 is 1.88 bits per heavy atom. The third-order valence-corrected chi connectivity index (χ3v) is 8.83. The van der Waals surface area contributed by atoms with Crippen LogP contribution in [0.5, 0.6) is 0 Å². The number of ether oxygens (including phenoxy) is 1. The summed E-state index contributed by atoms with van der Waals surface area (Å²) in [7, 11) is -0.358. The monoisotopic (exact) mass is 469 g/mol. The summed E-state index contributed by atoms with van der Waals surface area (Å²) in [6.45, 7) is 7.30. The Morgan fingerprint density at radius 3 is 2.55 bits per heavy atom. The first kappa shape index (κ1) is 23.8. The van der Waals surface area contributed by atoms with Gasteiger partial charge in [-0.25, -0.2) is 13.4 Å². The molecule has 2 aromatic carbocycles. The van der Waals surface area contributed by atoms with Gasteiger partial charge < -0.3 is 9.30 Å². The smallest absolute Gasteiger partial charge is 0.264 e. The van der Waals surface area contributed by atoms with Crippen LogP contribution in [0.2, 0.25) is 0 Å². The Kier molecular flexibility index (Phi) is 6.56. The lowest BCUT2D eigenvalue weighted by Gasteiger charge is -2.30. The van der Waals surface area contributed by atoms with Gasteiger partial charge in [0.15, 0.2) is 0 Å². The second-order valence-electron chi connectivity index (χ2n) is 9.86. The SMILES string of the molecule is COC(C)(C)c1nc2cc(N(C)S(=O)(=O)c3ccccc3)ccc2n1CC1CCC[C@H](C)C1. The van der Waals surface area contributed by atoms with Gasteiger partial charge in [-0.15, -0.1) is 0 Å². The maximum absolute atomic E-state index is 13.1. The van der Waals surface area contributed by atoms with Crippen molar-refractivity contribution in [1.29, 1.82) is 0 Å². The fourth-order valence-electron chi connectivity index (χ4n) is 4.92. The first-order chi connectivity index (χ1) is 15.6. The third-order valence-electron chi connectivity index (χ3n) is 7.03. The van der Waals surface area contributed by atoms with Gasteiger partial charge in [0.05, 0.1) is 21.6 Å². The highest BCUT2D eigenvalue weighted by Crippen LogP contribution is 2.35. The van der Waals surface area contributed by atoms with E-state index in [1.807, 2.05) is 38.1 Å². The minimum absolute atomic E-state index is 0.269. The molecular weight excluding hydrogens is 434 g/mol. The molecule has 33 heavy (non-hydrogen) atoms. The molecule has 1 aliphatic rings. The number of anilines is 1. The van der Waals surface area contributed by atoms with E-state index < -0.39 is 15.6 Å². The number of sulfonamides is 1. The Bertz CT molecular complexity index is 1220. The number of hydrogen-bond acceptors (Lipinski definition) is 4. The third kappa shape index (κ3) is 4.66. The van der Waals surface area contributed by atoms with Gasteiger partial charge in [-0.3, -0.25) is 4.31 Å². The summed E-state index contributed by atoms with van der Waals surface area (Å²) in [6, 6.07) is 14.2. The lowest BCUT2D eigenvalue weighted by Crippen LogP contribution is -2.27. The fraction of sp³-hybridized carbons (Fsp3) is 0.500. The molecule has 1 unspecified atom stereocenters. The fourth-order valence-corrected chi connectivity index (χ4v) is 6.13. The molecule has 0 amide bonds. The minimum atomic E-state index is -3.65. The average molecular weight is 470 g/mol. The van der Waals surface area contributed by atoms with Crippen LogP contribution in [-0.2, 0) is 26.9 Å². The second-order valence-corrected chi connectivity index (χ2v) is 11.8. The molecule has 3 aromatic rings. The molecule has 6 nitrogen and oxygen atoms in total. The van der Waals surface area contributed by atoms with Gasteiger partial charge in [0.1, 0.15) is 11.4 Å². The van der Waals surface area contributed by atoms with Crippen molar-refractivity contribution in [2.24, 2.45) is 11.8 Å². The van der Waals surface area contributed by atoms with E-state index in [9.17, 15) is 8.42 Å². The molecule has 0 N–H and O–H groups in total. The molecular formula is C26H35N3O3S. The van der Waals surface area contributed by atoms with Crippen LogP contribution >= 0.6 is 0 Å². The first-order valence-corrected chi connectivity index (χ1v) is 13.2. The van der Waals surface area contributed by atoms with Gasteiger partial charge in [-0.1, -0.05) is 38.0 Å². The summed E-state index contributed by atoms with van der Waals surface area (Å²) < 4.78 is 35.7. The Labute approximate surface area is 197 Å². The number of fused-ring (bicyclic) bond motifs is 1. The van der Waals surface area contributed by atoms with E-state index in [4.69, 9.17) is 9.72 Å². The largest absolute Gasteiger partial charge is 0.371 e. The van der Waals surface area contributed by atoms with E-state index in [0.717, 1.165) is 29.3 Å². The Balaban J connectivity index is 1.75.